The number of halogens is 2. The summed E-state index contributed by atoms with van der Waals surface area (Å²) in [6.45, 7) is 0. The first-order valence-corrected chi connectivity index (χ1v) is 5.19. The summed E-state index contributed by atoms with van der Waals surface area (Å²) >= 11 is 5.66. The number of nitrogens with one attached hydrogen (secondary N) is 2. The van der Waals surface area contributed by atoms with E-state index < -0.39 is 11.8 Å². The molecule has 8 heteroatoms. The number of carbonyl (C=O) groups is 1. The van der Waals surface area contributed by atoms with E-state index in [0.717, 1.165) is 6.08 Å². The van der Waals surface area contributed by atoms with Gasteiger partial charge in [-0.3, -0.25) is 0 Å². The number of hydrazone groups is 1. The Kier molecular flexibility index (Phi) is 3.45. The minimum atomic E-state index is -1.11. The molecule has 94 valence electrons. The fourth-order valence-corrected chi connectivity index (χ4v) is 1.55. The first-order chi connectivity index (χ1) is 8.58. The number of nitrogens with zero attached hydrogens (tertiary/aromatic N) is 2. The maximum absolute atomic E-state index is 13.4. The van der Waals surface area contributed by atoms with E-state index in [9.17, 15) is 9.18 Å². The lowest BCUT2D eigenvalue weighted by atomic mass is 10.1. The third-order valence-electron chi connectivity index (χ3n) is 2.14. The fourth-order valence-electron chi connectivity index (χ4n) is 1.38. The third kappa shape index (κ3) is 2.58. The second-order valence-electron chi connectivity index (χ2n) is 3.33. The van der Waals surface area contributed by atoms with E-state index in [1.54, 1.807) is 0 Å². The highest BCUT2D eigenvalue weighted by molar-refractivity contribution is 6.31. The van der Waals surface area contributed by atoms with Crippen LogP contribution in [-0.2, 0) is 4.79 Å². The Bertz CT molecular complexity index is 547. The molecule has 0 amide bonds. The van der Waals surface area contributed by atoms with Crippen LogP contribution in [0.1, 0.15) is 5.56 Å². The molecule has 1 aliphatic heterocycles. The molecule has 3 N–H and O–H groups in total. The number of carboxylic acid groups (broad SMARTS) is 1. The SMILES string of the molecule is O=C(O)/C=C/c1cc(Cl)c(F)cc1N1C=NNN1. The average Bonchev–Trinajstić information content (AvgIpc) is 2.83. The molecule has 0 aromatic heterocycles. The highest BCUT2D eigenvalue weighted by Crippen LogP contribution is 2.27. The van der Waals surface area contributed by atoms with E-state index in [0.29, 0.717) is 11.3 Å². The first-order valence-electron chi connectivity index (χ1n) is 4.81. The topological polar surface area (TPSA) is 77.0 Å². The predicted molar refractivity (Wildman–Crippen MR) is 65.3 cm³/mol. The molecule has 1 aromatic carbocycles. The Morgan fingerprint density at radius 2 is 2.33 bits per heavy atom. The van der Waals surface area contributed by atoms with Gasteiger partial charge in [0.25, 0.3) is 0 Å². The summed E-state index contributed by atoms with van der Waals surface area (Å²) in [5.41, 5.74) is 5.88. The van der Waals surface area contributed by atoms with Gasteiger partial charge in [-0.05, 0) is 12.1 Å². The monoisotopic (exact) mass is 270 g/mol. The Labute approximate surface area is 106 Å². The van der Waals surface area contributed by atoms with Crippen LogP contribution < -0.4 is 16.1 Å². The number of aliphatic carboxylic acids is 1. The molecule has 1 aromatic rings. The number of rotatable bonds is 3. The summed E-state index contributed by atoms with van der Waals surface area (Å²) < 4.78 is 13.4. The second-order valence-corrected chi connectivity index (χ2v) is 3.74. The molecule has 0 saturated carbocycles. The van der Waals surface area contributed by atoms with Crippen molar-refractivity contribution in [2.24, 2.45) is 5.10 Å². The van der Waals surface area contributed by atoms with Gasteiger partial charge in [-0.25, -0.2) is 19.7 Å². The largest absolute Gasteiger partial charge is 0.478 e. The van der Waals surface area contributed by atoms with Crippen molar-refractivity contribution in [2.75, 3.05) is 5.01 Å². The normalized spacial score (nSPS) is 14.2. The maximum Gasteiger partial charge on any atom is 0.328 e. The quantitative estimate of drug-likeness (QED) is 0.723. The van der Waals surface area contributed by atoms with Crippen molar-refractivity contribution in [2.45, 2.75) is 0 Å². The van der Waals surface area contributed by atoms with Crippen LogP contribution in [-0.4, -0.2) is 17.4 Å². The molecule has 0 radical (unpaired) electrons. The van der Waals surface area contributed by atoms with Gasteiger partial charge in [0.15, 0.2) is 0 Å². The van der Waals surface area contributed by atoms with Crippen molar-refractivity contribution in [3.8, 4) is 0 Å². The van der Waals surface area contributed by atoms with Crippen LogP contribution in [0.2, 0.25) is 5.02 Å². The molecule has 6 nitrogen and oxygen atoms in total. The molecule has 18 heavy (non-hydrogen) atoms. The smallest absolute Gasteiger partial charge is 0.328 e. The summed E-state index contributed by atoms with van der Waals surface area (Å²) in [5, 5.41) is 13.6. The molecule has 0 aliphatic carbocycles. The zero-order valence-corrected chi connectivity index (χ0v) is 9.65. The van der Waals surface area contributed by atoms with Crippen molar-refractivity contribution in [1.29, 1.82) is 0 Å². The van der Waals surface area contributed by atoms with Gasteiger partial charge in [0.05, 0.1) is 10.7 Å². The van der Waals surface area contributed by atoms with Crippen molar-refractivity contribution < 1.29 is 14.3 Å². The van der Waals surface area contributed by atoms with Crippen LogP contribution in [0, 0.1) is 5.82 Å². The highest BCUT2D eigenvalue weighted by Gasteiger charge is 2.14. The van der Waals surface area contributed by atoms with Crippen LogP contribution in [0.3, 0.4) is 0 Å². The van der Waals surface area contributed by atoms with E-state index in [1.807, 2.05) is 0 Å². The summed E-state index contributed by atoms with van der Waals surface area (Å²) in [4.78, 5) is 10.5. The Morgan fingerprint density at radius 1 is 1.56 bits per heavy atom. The van der Waals surface area contributed by atoms with Crippen LogP contribution in [0.15, 0.2) is 23.3 Å². The molecule has 0 saturated heterocycles. The molecular formula is C10H8ClFN4O2. The van der Waals surface area contributed by atoms with Crippen molar-refractivity contribution >= 4 is 35.7 Å². The van der Waals surface area contributed by atoms with Crippen LogP contribution >= 0.6 is 11.6 Å². The van der Waals surface area contributed by atoms with Gasteiger partial charge in [0.1, 0.15) is 12.2 Å². The Hall–Kier alpha value is -2.12. The molecule has 0 bridgehead atoms. The van der Waals surface area contributed by atoms with Gasteiger partial charge in [-0.2, -0.15) is 5.10 Å². The van der Waals surface area contributed by atoms with Crippen LogP contribution in [0.25, 0.3) is 6.08 Å². The summed E-state index contributed by atoms with van der Waals surface area (Å²) in [6.07, 6.45) is 3.63. The number of benzene rings is 1. The predicted octanol–water partition coefficient (Wildman–Crippen LogP) is 1.35. The number of carboxylic acids is 1. The van der Waals surface area contributed by atoms with E-state index in [1.165, 1.54) is 29.6 Å². The Balaban J connectivity index is 2.44. The van der Waals surface area contributed by atoms with Crippen molar-refractivity contribution in [3.63, 3.8) is 0 Å². The van der Waals surface area contributed by atoms with Gasteiger partial charge < -0.3 is 5.11 Å². The molecule has 0 atom stereocenters. The summed E-state index contributed by atoms with van der Waals surface area (Å²) in [5.74, 6) is -1.72. The first kappa shape index (κ1) is 12.3. The number of hydrazine groups is 2. The number of hydrogen-bond donors (Lipinski definition) is 3. The lowest BCUT2D eigenvalue weighted by Gasteiger charge is -2.16. The van der Waals surface area contributed by atoms with Gasteiger partial charge in [-0.15, -0.1) is 5.53 Å². The fraction of sp³-hybridized carbons (Fsp3) is 0. The van der Waals surface area contributed by atoms with E-state index >= 15 is 0 Å². The lowest BCUT2D eigenvalue weighted by molar-refractivity contribution is -0.131. The van der Waals surface area contributed by atoms with E-state index in [4.69, 9.17) is 16.7 Å². The van der Waals surface area contributed by atoms with Crippen LogP contribution in [0.4, 0.5) is 10.1 Å². The van der Waals surface area contributed by atoms with Gasteiger partial charge in [0, 0.05) is 17.7 Å². The molecule has 0 fully saturated rings. The molecule has 0 spiro atoms. The van der Waals surface area contributed by atoms with Gasteiger partial charge >= 0.3 is 5.97 Å². The molecule has 1 heterocycles. The summed E-state index contributed by atoms with van der Waals surface area (Å²) in [7, 11) is 0. The second kappa shape index (κ2) is 5.03. The molecule has 1 aliphatic rings. The standard InChI is InChI=1S/C10H8ClFN4O2/c11-7-3-6(1-2-10(17)18)9(4-8(7)12)16-5-13-14-15-16/h1-5,14-15H,(H,17,18)/b2-1+. The number of hydrogen-bond acceptors (Lipinski definition) is 5. The van der Waals surface area contributed by atoms with Crippen molar-refractivity contribution in [1.82, 2.24) is 11.1 Å². The highest BCUT2D eigenvalue weighted by atomic mass is 35.5. The van der Waals surface area contributed by atoms with Crippen LogP contribution in [0.5, 0.6) is 0 Å². The minimum absolute atomic E-state index is 0.0899. The number of anilines is 1. The van der Waals surface area contributed by atoms with Gasteiger partial charge in [-0.1, -0.05) is 11.6 Å². The molecular weight excluding hydrogens is 263 g/mol. The third-order valence-corrected chi connectivity index (χ3v) is 2.43. The lowest BCUT2D eigenvalue weighted by Crippen LogP contribution is -2.37. The zero-order chi connectivity index (χ0) is 13.1. The van der Waals surface area contributed by atoms with E-state index in [-0.39, 0.29) is 5.02 Å². The van der Waals surface area contributed by atoms with Gasteiger partial charge in [0.2, 0.25) is 0 Å². The van der Waals surface area contributed by atoms with Crippen molar-refractivity contribution in [3.05, 3.63) is 34.6 Å². The average molecular weight is 271 g/mol. The zero-order valence-electron chi connectivity index (χ0n) is 8.89. The summed E-state index contributed by atoms with van der Waals surface area (Å²) in [6, 6.07) is 2.51. The Morgan fingerprint density at radius 3 is 2.94 bits per heavy atom. The molecule has 2 rings (SSSR count). The van der Waals surface area contributed by atoms with E-state index in [2.05, 4.69) is 16.2 Å². The minimum Gasteiger partial charge on any atom is -0.478 e. The molecule has 0 unspecified atom stereocenters. The maximum atomic E-state index is 13.4.